The lowest BCUT2D eigenvalue weighted by Gasteiger charge is -2.27. The average Bonchev–Trinajstić information content (AvgIpc) is 2.32. The molecule has 0 aliphatic carbocycles. The van der Waals surface area contributed by atoms with E-state index in [-0.39, 0.29) is 11.7 Å². The number of anilines is 1. The second kappa shape index (κ2) is 4.80. The van der Waals surface area contributed by atoms with Gasteiger partial charge in [-0.05, 0) is 22.0 Å². The molecule has 2 heterocycles. The van der Waals surface area contributed by atoms with Gasteiger partial charge in [0.2, 0.25) is 0 Å². The third-order valence-corrected chi connectivity index (χ3v) is 2.95. The standard InChI is InChI=1S/C10H13BrN4O/c11-7-5-8(9(12)14-6-7)10(16)15-3-1-13-2-4-15/h5-6,13H,1-4H2,(H2,12,14). The Kier molecular flexibility index (Phi) is 3.40. The predicted molar refractivity (Wildman–Crippen MR) is 65.1 cm³/mol. The SMILES string of the molecule is Nc1ncc(Br)cc1C(=O)N1CCNCC1. The number of rotatable bonds is 1. The van der Waals surface area contributed by atoms with Gasteiger partial charge in [0, 0.05) is 36.8 Å². The molecule has 1 amide bonds. The van der Waals surface area contributed by atoms with Crippen molar-refractivity contribution in [1.82, 2.24) is 15.2 Å². The predicted octanol–water partition coefficient (Wildman–Crippen LogP) is 0.472. The highest BCUT2D eigenvalue weighted by Gasteiger charge is 2.20. The number of carbonyl (C=O) groups is 1. The Morgan fingerprint density at radius 1 is 1.50 bits per heavy atom. The molecule has 1 saturated heterocycles. The minimum Gasteiger partial charge on any atom is -0.383 e. The lowest BCUT2D eigenvalue weighted by Crippen LogP contribution is -2.46. The van der Waals surface area contributed by atoms with E-state index in [4.69, 9.17) is 5.73 Å². The lowest BCUT2D eigenvalue weighted by molar-refractivity contribution is 0.0736. The minimum absolute atomic E-state index is 0.0483. The third-order valence-electron chi connectivity index (χ3n) is 2.52. The maximum atomic E-state index is 12.1. The van der Waals surface area contributed by atoms with Crippen molar-refractivity contribution in [3.05, 3.63) is 22.3 Å². The maximum absolute atomic E-state index is 12.1. The van der Waals surface area contributed by atoms with Gasteiger partial charge in [0.25, 0.3) is 5.91 Å². The quantitative estimate of drug-likeness (QED) is 0.787. The molecule has 2 rings (SSSR count). The van der Waals surface area contributed by atoms with Gasteiger partial charge in [0.05, 0.1) is 5.56 Å². The van der Waals surface area contributed by atoms with E-state index in [1.807, 2.05) is 0 Å². The molecule has 0 radical (unpaired) electrons. The summed E-state index contributed by atoms with van der Waals surface area (Å²) >= 11 is 3.29. The zero-order chi connectivity index (χ0) is 11.5. The summed E-state index contributed by atoms with van der Waals surface area (Å²) in [5, 5.41) is 3.20. The topological polar surface area (TPSA) is 71.2 Å². The molecule has 0 bridgehead atoms. The van der Waals surface area contributed by atoms with Gasteiger partial charge >= 0.3 is 0 Å². The van der Waals surface area contributed by atoms with Gasteiger partial charge in [-0.2, -0.15) is 0 Å². The molecule has 1 aliphatic rings. The Morgan fingerprint density at radius 2 is 2.19 bits per heavy atom. The first kappa shape index (κ1) is 11.3. The van der Waals surface area contributed by atoms with E-state index in [0.29, 0.717) is 18.7 Å². The Balaban J connectivity index is 2.22. The Hall–Kier alpha value is -1.14. The summed E-state index contributed by atoms with van der Waals surface area (Å²) in [6, 6.07) is 1.71. The van der Waals surface area contributed by atoms with E-state index >= 15 is 0 Å². The molecule has 1 aliphatic heterocycles. The number of amides is 1. The van der Waals surface area contributed by atoms with Crippen LogP contribution < -0.4 is 11.1 Å². The fourth-order valence-electron chi connectivity index (χ4n) is 1.66. The Morgan fingerprint density at radius 3 is 2.88 bits per heavy atom. The largest absolute Gasteiger partial charge is 0.383 e. The van der Waals surface area contributed by atoms with Crippen LogP contribution in [0, 0.1) is 0 Å². The van der Waals surface area contributed by atoms with Crippen molar-refractivity contribution in [2.75, 3.05) is 31.9 Å². The molecule has 6 heteroatoms. The average molecular weight is 285 g/mol. The van der Waals surface area contributed by atoms with Gasteiger partial charge in [-0.15, -0.1) is 0 Å². The molecule has 1 fully saturated rings. The number of halogens is 1. The van der Waals surface area contributed by atoms with Crippen molar-refractivity contribution in [2.45, 2.75) is 0 Å². The number of hydrogen-bond donors (Lipinski definition) is 2. The first-order valence-corrected chi connectivity index (χ1v) is 5.89. The highest BCUT2D eigenvalue weighted by molar-refractivity contribution is 9.10. The molecular weight excluding hydrogens is 272 g/mol. The highest BCUT2D eigenvalue weighted by Crippen LogP contribution is 2.17. The summed E-state index contributed by atoms with van der Waals surface area (Å²) < 4.78 is 0.764. The fourth-order valence-corrected chi connectivity index (χ4v) is 1.99. The molecule has 0 spiro atoms. The van der Waals surface area contributed by atoms with Crippen molar-refractivity contribution in [3.63, 3.8) is 0 Å². The summed E-state index contributed by atoms with van der Waals surface area (Å²) in [6.45, 7) is 3.08. The Labute approximate surface area is 102 Å². The molecule has 0 atom stereocenters. The summed E-state index contributed by atoms with van der Waals surface area (Å²) in [5.74, 6) is 0.236. The van der Waals surface area contributed by atoms with Crippen LogP contribution in [0.4, 0.5) is 5.82 Å². The second-order valence-corrected chi connectivity index (χ2v) is 4.54. The number of nitrogen functional groups attached to an aromatic ring is 1. The summed E-state index contributed by atoms with van der Waals surface area (Å²) in [6.07, 6.45) is 1.59. The minimum atomic E-state index is -0.0483. The van der Waals surface area contributed by atoms with Crippen molar-refractivity contribution in [3.8, 4) is 0 Å². The van der Waals surface area contributed by atoms with E-state index in [1.165, 1.54) is 0 Å². The smallest absolute Gasteiger partial charge is 0.257 e. The van der Waals surface area contributed by atoms with Gasteiger partial charge in [-0.1, -0.05) is 0 Å². The third kappa shape index (κ3) is 2.33. The van der Waals surface area contributed by atoms with Crippen molar-refractivity contribution >= 4 is 27.7 Å². The molecule has 16 heavy (non-hydrogen) atoms. The fraction of sp³-hybridized carbons (Fsp3) is 0.400. The van der Waals surface area contributed by atoms with E-state index in [2.05, 4.69) is 26.2 Å². The number of carbonyl (C=O) groups excluding carboxylic acids is 1. The van der Waals surface area contributed by atoms with E-state index in [1.54, 1.807) is 17.2 Å². The van der Waals surface area contributed by atoms with Crippen molar-refractivity contribution < 1.29 is 4.79 Å². The molecule has 1 aromatic heterocycles. The first-order chi connectivity index (χ1) is 7.68. The highest BCUT2D eigenvalue weighted by atomic mass is 79.9. The van der Waals surface area contributed by atoms with Gasteiger partial charge in [0.15, 0.2) is 0 Å². The van der Waals surface area contributed by atoms with Gasteiger partial charge in [0.1, 0.15) is 5.82 Å². The van der Waals surface area contributed by atoms with Crippen LogP contribution >= 0.6 is 15.9 Å². The van der Waals surface area contributed by atoms with Crippen LogP contribution in [-0.4, -0.2) is 42.0 Å². The van der Waals surface area contributed by atoms with E-state index in [9.17, 15) is 4.79 Å². The zero-order valence-corrected chi connectivity index (χ0v) is 10.3. The molecule has 0 unspecified atom stereocenters. The van der Waals surface area contributed by atoms with E-state index in [0.717, 1.165) is 17.6 Å². The van der Waals surface area contributed by atoms with Crippen LogP contribution in [0.1, 0.15) is 10.4 Å². The normalized spacial score (nSPS) is 16.2. The maximum Gasteiger partial charge on any atom is 0.257 e. The molecule has 0 saturated carbocycles. The van der Waals surface area contributed by atoms with Crippen LogP contribution in [0.5, 0.6) is 0 Å². The summed E-state index contributed by atoms with van der Waals surface area (Å²) in [4.78, 5) is 17.9. The van der Waals surface area contributed by atoms with Crippen molar-refractivity contribution in [1.29, 1.82) is 0 Å². The number of nitrogens with zero attached hydrogens (tertiary/aromatic N) is 2. The molecular formula is C10H13BrN4O. The summed E-state index contributed by atoms with van der Waals surface area (Å²) in [5.41, 5.74) is 6.17. The number of nitrogens with two attached hydrogens (primary N) is 1. The van der Waals surface area contributed by atoms with Crippen LogP contribution in [0.25, 0.3) is 0 Å². The van der Waals surface area contributed by atoms with Crippen LogP contribution in [0.15, 0.2) is 16.7 Å². The van der Waals surface area contributed by atoms with Gasteiger partial charge in [-0.25, -0.2) is 4.98 Å². The van der Waals surface area contributed by atoms with Gasteiger partial charge in [-0.3, -0.25) is 4.79 Å². The van der Waals surface area contributed by atoms with Gasteiger partial charge < -0.3 is 16.0 Å². The van der Waals surface area contributed by atoms with Crippen LogP contribution in [-0.2, 0) is 0 Å². The number of piperazine rings is 1. The van der Waals surface area contributed by atoms with Crippen LogP contribution in [0.3, 0.4) is 0 Å². The molecule has 86 valence electrons. The molecule has 3 N–H and O–H groups in total. The van der Waals surface area contributed by atoms with Crippen LogP contribution in [0.2, 0.25) is 0 Å². The summed E-state index contributed by atoms with van der Waals surface area (Å²) in [7, 11) is 0. The molecule has 5 nitrogen and oxygen atoms in total. The second-order valence-electron chi connectivity index (χ2n) is 3.63. The first-order valence-electron chi connectivity index (χ1n) is 5.09. The monoisotopic (exact) mass is 284 g/mol. The number of nitrogens with one attached hydrogen (secondary N) is 1. The Bertz CT molecular complexity index is 404. The number of pyridine rings is 1. The van der Waals surface area contributed by atoms with E-state index < -0.39 is 0 Å². The molecule has 1 aromatic rings. The van der Waals surface area contributed by atoms with Crippen molar-refractivity contribution in [2.24, 2.45) is 0 Å². The molecule has 0 aromatic carbocycles. The zero-order valence-electron chi connectivity index (χ0n) is 8.74. The number of hydrogen-bond acceptors (Lipinski definition) is 4. The number of aromatic nitrogens is 1. The lowest BCUT2D eigenvalue weighted by atomic mass is 10.2.